The Balaban J connectivity index is 1.27. The summed E-state index contributed by atoms with van der Waals surface area (Å²) in [7, 11) is 0. The van der Waals surface area contributed by atoms with Gasteiger partial charge in [-0.3, -0.25) is 14.9 Å². The van der Waals surface area contributed by atoms with Gasteiger partial charge >= 0.3 is 0 Å². The van der Waals surface area contributed by atoms with Crippen LogP contribution in [0.15, 0.2) is 54.6 Å². The molecule has 2 saturated heterocycles. The summed E-state index contributed by atoms with van der Waals surface area (Å²) in [6.07, 6.45) is 0.344. The molecule has 2 amide bonds. The van der Waals surface area contributed by atoms with Gasteiger partial charge in [-0.1, -0.05) is 41.9 Å². The highest BCUT2D eigenvalue weighted by molar-refractivity contribution is 6.30. The number of carbonyl (C=O) groups is 2. The maximum Gasteiger partial charge on any atom is 0.242 e. The summed E-state index contributed by atoms with van der Waals surface area (Å²) in [4.78, 5) is 31.1. The fraction of sp³-hybridized carbons (Fsp3) is 0.364. The molecule has 29 heavy (non-hydrogen) atoms. The Morgan fingerprint density at radius 2 is 1.69 bits per heavy atom. The molecule has 0 spiro atoms. The number of para-hydroxylation sites is 1. The van der Waals surface area contributed by atoms with Crippen LogP contribution in [-0.2, 0) is 9.59 Å². The van der Waals surface area contributed by atoms with Crippen LogP contribution >= 0.6 is 11.6 Å². The quantitative estimate of drug-likeness (QED) is 0.838. The standard InChI is InChI=1S/C22H25ClN4O2/c23-18-8-6-17(7-9-18)20-14-21(28)27(16-24-20)15-22(29)26-12-10-25(11-13-26)19-4-2-1-3-5-19/h1-9,20,24H,10-16H2. The summed E-state index contributed by atoms with van der Waals surface area (Å²) in [5.41, 5.74) is 2.22. The largest absolute Gasteiger partial charge is 0.368 e. The zero-order chi connectivity index (χ0) is 20.2. The molecule has 0 saturated carbocycles. The maximum atomic E-state index is 12.7. The molecule has 2 aliphatic heterocycles. The predicted molar refractivity (Wildman–Crippen MR) is 114 cm³/mol. The molecule has 2 aromatic carbocycles. The molecule has 152 valence electrons. The molecule has 6 nitrogen and oxygen atoms in total. The van der Waals surface area contributed by atoms with E-state index in [9.17, 15) is 9.59 Å². The highest BCUT2D eigenvalue weighted by atomic mass is 35.5. The van der Waals surface area contributed by atoms with Crippen LogP contribution in [0.2, 0.25) is 5.02 Å². The summed E-state index contributed by atoms with van der Waals surface area (Å²) in [5.74, 6) is 0.0118. The first kappa shape index (κ1) is 19.7. The van der Waals surface area contributed by atoms with E-state index in [0.717, 1.165) is 18.7 Å². The summed E-state index contributed by atoms with van der Waals surface area (Å²) in [6.45, 7) is 3.47. The highest BCUT2D eigenvalue weighted by Gasteiger charge is 2.29. The zero-order valence-electron chi connectivity index (χ0n) is 16.3. The fourth-order valence-corrected chi connectivity index (χ4v) is 4.00. The molecule has 1 unspecified atom stereocenters. The third kappa shape index (κ3) is 4.71. The normalized spacial score (nSPS) is 20.1. The first-order valence-electron chi connectivity index (χ1n) is 9.94. The van der Waals surface area contributed by atoms with Crippen molar-refractivity contribution in [1.29, 1.82) is 0 Å². The molecule has 2 fully saturated rings. The third-order valence-corrected chi connectivity index (χ3v) is 5.86. The van der Waals surface area contributed by atoms with E-state index in [1.165, 1.54) is 5.69 Å². The van der Waals surface area contributed by atoms with Crippen molar-refractivity contribution in [2.45, 2.75) is 12.5 Å². The van der Waals surface area contributed by atoms with E-state index in [0.29, 0.717) is 31.2 Å². The van der Waals surface area contributed by atoms with E-state index in [2.05, 4.69) is 22.3 Å². The van der Waals surface area contributed by atoms with E-state index in [4.69, 9.17) is 11.6 Å². The topological polar surface area (TPSA) is 55.9 Å². The van der Waals surface area contributed by atoms with Crippen molar-refractivity contribution in [2.24, 2.45) is 0 Å². The maximum absolute atomic E-state index is 12.7. The Morgan fingerprint density at radius 1 is 1.00 bits per heavy atom. The fourth-order valence-electron chi connectivity index (χ4n) is 3.88. The third-order valence-electron chi connectivity index (χ3n) is 5.61. The molecule has 7 heteroatoms. The molecule has 2 heterocycles. The van der Waals surface area contributed by atoms with Crippen LogP contribution in [0.3, 0.4) is 0 Å². The average molecular weight is 413 g/mol. The molecule has 0 radical (unpaired) electrons. The van der Waals surface area contributed by atoms with Gasteiger partial charge in [0.2, 0.25) is 11.8 Å². The minimum absolute atomic E-state index is 0.0000264. The van der Waals surface area contributed by atoms with Gasteiger partial charge in [0.05, 0.1) is 6.67 Å². The van der Waals surface area contributed by atoms with Gasteiger partial charge in [-0.25, -0.2) is 0 Å². The lowest BCUT2D eigenvalue weighted by Crippen LogP contribution is -2.54. The Bertz CT molecular complexity index is 851. The molecule has 1 atom stereocenters. The lowest BCUT2D eigenvalue weighted by Gasteiger charge is -2.38. The van der Waals surface area contributed by atoms with Crippen LogP contribution in [-0.4, -0.2) is 61.0 Å². The first-order chi connectivity index (χ1) is 14.1. The first-order valence-corrected chi connectivity index (χ1v) is 10.3. The van der Waals surface area contributed by atoms with Crippen molar-refractivity contribution in [3.63, 3.8) is 0 Å². The highest BCUT2D eigenvalue weighted by Crippen LogP contribution is 2.23. The summed E-state index contributed by atoms with van der Waals surface area (Å²) in [5, 5.41) is 4.03. The number of nitrogens with zero attached hydrogens (tertiary/aromatic N) is 3. The van der Waals surface area contributed by atoms with Gasteiger partial charge in [0.25, 0.3) is 0 Å². The second-order valence-electron chi connectivity index (χ2n) is 7.47. The van der Waals surface area contributed by atoms with Crippen LogP contribution < -0.4 is 10.2 Å². The number of carbonyl (C=O) groups excluding carboxylic acids is 2. The number of piperazine rings is 1. The molecule has 2 aliphatic rings. The van der Waals surface area contributed by atoms with E-state index >= 15 is 0 Å². The number of hydrogen-bond donors (Lipinski definition) is 1. The number of amides is 2. The minimum Gasteiger partial charge on any atom is -0.368 e. The van der Waals surface area contributed by atoms with Crippen molar-refractivity contribution in [3.8, 4) is 0 Å². The Hall–Kier alpha value is -2.57. The molecule has 0 bridgehead atoms. The van der Waals surface area contributed by atoms with E-state index in [1.807, 2.05) is 47.4 Å². The van der Waals surface area contributed by atoms with Crippen molar-refractivity contribution >= 4 is 29.1 Å². The monoisotopic (exact) mass is 412 g/mol. The van der Waals surface area contributed by atoms with Crippen LogP contribution in [0.1, 0.15) is 18.0 Å². The number of halogens is 1. The van der Waals surface area contributed by atoms with Gasteiger partial charge in [0.15, 0.2) is 0 Å². The van der Waals surface area contributed by atoms with Crippen LogP contribution in [0, 0.1) is 0 Å². The molecular formula is C22H25ClN4O2. The Labute approximate surface area is 176 Å². The van der Waals surface area contributed by atoms with Gasteiger partial charge in [-0.2, -0.15) is 0 Å². The van der Waals surface area contributed by atoms with Crippen LogP contribution in [0.25, 0.3) is 0 Å². The summed E-state index contributed by atoms with van der Waals surface area (Å²) >= 11 is 5.94. The van der Waals surface area contributed by atoms with Crippen molar-refractivity contribution in [2.75, 3.05) is 44.3 Å². The molecule has 2 aromatic rings. The summed E-state index contributed by atoms with van der Waals surface area (Å²) < 4.78 is 0. The van der Waals surface area contributed by atoms with Gasteiger partial charge in [-0.05, 0) is 29.8 Å². The van der Waals surface area contributed by atoms with Gasteiger partial charge in [0, 0.05) is 49.4 Å². The Morgan fingerprint density at radius 3 is 2.34 bits per heavy atom. The van der Waals surface area contributed by atoms with Gasteiger partial charge < -0.3 is 14.7 Å². The second kappa shape index (κ2) is 8.84. The number of benzene rings is 2. The number of anilines is 1. The van der Waals surface area contributed by atoms with E-state index < -0.39 is 0 Å². The van der Waals surface area contributed by atoms with Crippen molar-refractivity contribution in [3.05, 3.63) is 65.2 Å². The average Bonchev–Trinajstić information content (AvgIpc) is 2.76. The lowest BCUT2D eigenvalue weighted by molar-refractivity contribution is -0.143. The molecule has 0 aliphatic carbocycles. The van der Waals surface area contributed by atoms with E-state index in [-0.39, 0.29) is 24.4 Å². The predicted octanol–water partition coefficient (Wildman–Crippen LogP) is 2.51. The summed E-state index contributed by atoms with van der Waals surface area (Å²) in [6, 6.07) is 17.7. The number of hydrogen-bond acceptors (Lipinski definition) is 4. The van der Waals surface area contributed by atoms with Crippen LogP contribution in [0.4, 0.5) is 5.69 Å². The van der Waals surface area contributed by atoms with Crippen molar-refractivity contribution < 1.29 is 9.59 Å². The van der Waals surface area contributed by atoms with E-state index in [1.54, 1.807) is 4.90 Å². The molecular weight excluding hydrogens is 388 g/mol. The molecule has 4 rings (SSSR count). The Kier molecular flexibility index (Phi) is 6.02. The van der Waals surface area contributed by atoms with Gasteiger partial charge in [0.1, 0.15) is 6.54 Å². The minimum atomic E-state index is -0.0412. The lowest BCUT2D eigenvalue weighted by atomic mass is 10.0. The SMILES string of the molecule is O=C(CN1CNC(c2ccc(Cl)cc2)CC1=O)N1CCN(c2ccccc2)CC1. The molecule has 1 N–H and O–H groups in total. The zero-order valence-corrected chi connectivity index (χ0v) is 17.0. The van der Waals surface area contributed by atoms with Gasteiger partial charge in [-0.15, -0.1) is 0 Å². The smallest absolute Gasteiger partial charge is 0.242 e. The number of nitrogens with one attached hydrogen (secondary N) is 1. The van der Waals surface area contributed by atoms with Crippen LogP contribution in [0.5, 0.6) is 0 Å². The second-order valence-corrected chi connectivity index (χ2v) is 7.90. The number of rotatable bonds is 4. The molecule has 0 aromatic heterocycles. The van der Waals surface area contributed by atoms with Crippen molar-refractivity contribution in [1.82, 2.24) is 15.1 Å².